The van der Waals surface area contributed by atoms with Gasteiger partial charge in [-0.05, 0) is 65.4 Å². The summed E-state index contributed by atoms with van der Waals surface area (Å²) in [7, 11) is 0. The largest absolute Gasteiger partial charge is 0.325 e. The van der Waals surface area contributed by atoms with E-state index in [0.29, 0.717) is 16.4 Å². The predicted molar refractivity (Wildman–Crippen MR) is 97.3 cm³/mol. The van der Waals surface area contributed by atoms with Gasteiger partial charge in [-0.1, -0.05) is 27.7 Å². The highest BCUT2D eigenvalue weighted by atomic mass is 79.9. The Kier molecular flexibility index (Phi) is 5.44. The van der Waals surface area contributed by atoms with Crippen molar-refractivity contribution in [3.05, 3.63) is 58.3 Å². The Bertz CT molecular complexity index is 900. The van der Waals surface area contributed by atoms with Crippen molar-refractivity contribution in [1.82, 2.24) is 20.2 Å². The van der Waals surface area contributed by atoms with Gasteiger partial charge in [0.05, 0.1) is 11.4 Å². The quantitative estimate of drug-likeness (QED) is 0.637. The predicted octanol–water partition coefficient (Wildman–Crippen LogP) is 3.60. The standard InChI is InChI=1S/C16H13BrFN5OS/c1-10-8-12(18)4-7-14(10)19-15(24)9-25-16-20-21-22-23(16)13-5-2-11(17)3-6-13/h2-8H,9H2,1H3,(H,19,24). The number of nitrogens with one attached hydrogen (secondary N) is 1. The maximum atomic E-state index is 13.1. The van der Waals surface area contributed by atoms with Crippen LogP contribution in [0, 0.1) is 12.7 Å². The first-order chi connectivity index (χ1) is 12.0. The summed E-state index contributed by atoms with van der Waals surface area (Å²) in [5, 5.41) is 14.8. The van der Waals surface area contributed by atoms with Crippen LogP contribution >= 0.6 is 27.7 Å². The molecule has 2 aromatic carbocycles. The van der Waals surface area contributed by atoms with Gasteiger partial charge in [-0.2, -0.15) is 4.68 Å². The summed E-state index contributed by atoms with van der Waals surface area (Å²) in [4.78, 5) is 12.1. The van der Waals surface area contributed by atoms with Gasteiger partial charge in [0.15, 0.2) is 0 Å². The molecular weight excluding hydrogens is 409 g/mol. The lowest BCUT2D eigenvalue weighted by molar-refractivity contribution is -0.113. The molecule has 0 saturated heterocycles. The van der Waals surface area contributed by atoms with Crippen LogP contribution in [-0.4, -0.2) is 31.9 Å². The molecule has 25 heavy (non-hydrogen) atoms. The van der Waals surface area contributed by atoms with Gasteiger partial charge in [-0.15, -0.1) is 5.10 Å². The molecule has 0 unspecified atom stereocenters. The molecule has 0 fully saturated rings. The molecule has 1 amide bonds. The topological polar surface area (TPSA) is 72.7 Å². The summed E-state index contributed by atoms with van der Waals surface area (Å²) >= 11 is 4.59. The number of hydrogen-bond donors (Lipinski definition) is 1. The van der Waals surface area contributed by atoms with Crippen LogP contribution < -0.4 is 5.32 Å². The molecule has 0 atom stereocenters. The van der Waals surface area contributed by atoms with E-state index in [2.05, 4.69) is 36.8 Å². The van der Waals surface area contributed by atoms with E-state index in [4.69, 9.17) is 0 Å². The van der Waals surface area contributed by atoms with Crippen LogP contribution in [0.5, 0.6) is 0 Å². The lowest BCUT2D eigenvalue weighted by Gasteiger charge is -2.08. The normalized spacial score (nSPS) is 10.7. The van der Waals surface area contributed by atoms with Crippen LogP contribution in [-0.2, 0) is 4.79 Å². The van der Waals surface area contributed by atoms with E-state index in [1.165, 1.54) is 23.9 Å². The minimum Gasteiger partial charge on any atom is -0.325 e. The number of aryl methyl sites for hydroxylation is 1. The molecule has 0 saturated carbocycles. The van der Waals surface area contributed by atoms with Gasteiger partial charge in [0, 0.05) is 10.2 Å². The number of rotatable bonds is 5. The summed E-state index contributed by atoms with van der Waals surface area (Å²) in [6.45, 7) is 1.74. The first-order valence-corrected chi connectivity index (χ1v) is 9.04. The van der Waals surface area contributed by atoms with Crippen LogP contribution in [0.4, 0.5) is 10.1 Å². The number of anilines is 1. The number of benzene rings is 2. The van der Waals surface area contributed by atoms with Crippen LogP contribution in [0.15, 0.2) is 52.1 Å². The lowest BCUT2D eigenvalue weighted by atomic mass is 10.2. The van der Waals surface area contributed by atoms with Crippen molar-refractivity contribution in [1.29, 1.82) is 0 Å². The fourth-order valence-corrected chi connectivity index (χ4v) is 3.05. The second-order valence-electron chi connectivity index (χ2n) is 5.15. The number of hydrogen-bond acceptors (Lipinski definition) is 5. The zero-order chi connectivity index (χ0) is 17.8. The van der Waals surface area contributed by atoms with Crippen molar-refractivity contribution in [2.45, 2.75) is 12.1 Å². The Hall–Kier alpha value is -2.26. The molecule has 3 aromatic rings. The van der Waals surface area contributed by atoms with Gasteiger partial charge < -0.3 is 5.32 Å². The van der Waals surface area contributed by atoms with Crippen molar-refractivity contribution in [2.24, 2.45) is 0 Å². The van der Waals surface area contributed by atoms with Crippen molar-refractivity contribution in [2.75, 3.05) is 11.1 Å². The molecule has 0 bridgehead atoms. The molecule has 1 heterocycles. The Labute approximate surface area is 155 Å². The Morgan fingerprint density at radius 2 is 2.04 bits per heavy atom. The molecule has 0 aliphatic heterocycles. The maximum absolute atomic E-state index is 13.1. The Morgan fingerprint density at radius 3 is 2.76 bits per heavy atom. The SMILES string of the molecule is Cc1cc(F)ccc1NC(=O)CSc1nnnn1-c1ccc(Br)cc1. The number of thioether (sulfide) groups is 1. The minimum atomic E-state index is -0.335. The fourth-order valence-electron chi connectivity index (χ4n) is 2.10. The zero-order valence-corrected chi connectivity index (χ0v) is 15.5. The minimum absolute atomic E-state index is 0.133. The molecule has 0 aliphatic carbocycles. The Balaban J connectivity index is 1.65. The number of carbonyl (C=O) groups excluding carboxylic acids is 1. The van der Waals surface area contributed by atoms with Gasteiger partial charge in [0.25, 0.3) is 0 Å². The van der Waals surface area contributed by atoms with Crippen molar-refractivity contribution in [3.8, 4) is 5.69 Å². The average Bonchev–Trinajstić information content (AvgIpc) is 3.05. The molecule has 1 aromatic heterocycles. The molecule has 6 nitrogen and oxygen atoms in total. The summed E-state index contributed by atoms with van der Waals surface area (Å²) in [6.07, 6.45) is 0. The molecule has 128 valence electrons. The van der Waals surface area contributed by atoms with Gasteiger partial charge in [-0.25, -0.2) is 4.39 Å². The number of aromatic nitrogens is 4. The number of halogens is 2. The Morgan fingerprint density at radius 1 is 1.28 bits per heavy atom. The highest BCUT2D eigenvalue weighted by molar-refractivity contribution is 9.10. The summed E-state index contributed by atoms with van der Waals surface area (Å²) in [5.41, 5.74) is 2.04. The van der Waals surface area contributed by atoms with Gasteiger partial charge in [0.1, 0.15) is 5.82 Å². The molecular formula is C16H13BrFN5OS. The zero-order valence-electron chi connectivity index (χ0n) is 13.1. The van der Waals surface area contributed by atoms with E-state index in [1.54, 1.807) is 17.7 Å². The summed E-state index contributed by atoms with van der Waals surface area (Å²) in [5.74, 6) is -0.420. The highest BCUT2D eigenvalue weighted by Gasteiger charge is 2.12. The van der Waals surface area contributed by atoms with E-state index >= 15 is 0 Å². The first kappa shape index (κ1) is 17.6. The number of amides is 1. The second kappa shape index (κ2) is 7.75. The van der Waals surface area contributed by atoms with Crippen molar-refractivity contribution in [3.63, 3.8) is 0 Å². The smallest absolute Gasteiger partial charge is 0.234 e. The number of carbonyl (C=O) groups is 1. The van der Waals surface area contributed by atoms with Crippen LogP contribution in [0.1, 0.15) is 5.56 Å². The average molecular weight is 422 g/mol. The third-order valence-corrected chi connectivity index (χ3v) is 4.75. The third kappa shape index (κ3) is 4.43. The van der Waals surface area contributed by atoms with Gasteiger partial charge >= 0.3 is 0 Å². The van der Waals surface area contributed by atoms with E-state index < -0.39 is 0 Å². The molecule has 0 aliphatic rings. The van der Waals surface area contributed by atoms with E-state index in [9.17, 15) is 9.18 Å². The monoisotopic (exact) mass is 421 g/mol. The third-order valence-electron chi connectivity index (χ3n) is 3.31. The first-order valence-electron chi connectivity index (χ1n) is 7.26. The van der Waals surface area contributed by atoms with E-state index in [0.717, 1.165) is 10.2 Å². The summed E-state index contributed by atoms with van der Waals surface area (Å²) in [6, 6.07) is 11.7. The lowest BCUT2D eigenvalue weighted by Crippen LogP contribution is -2.15. The highest BCUT2D eigenvalue weighted by Crippen LogP contribution is 2.21. The van der Waals surface area contributed by atoms with Gasteiger partial charge in [-0.3, -0.25) is 4.79 Å². The molecule has 0 spiro atoms. The summed E-state index contributed by atoms with van der Waals surface area (Å²) < 4.78 is 15.6. The van der Waals surface area contributed by atoms with Crippen LogP contribution in [0.25, 0.3) is 5.69 Å². The maximum Gasteiger partial charge on any atom is 0.234 e. The van der Waals surface area contributed by atoms with E-state index in [-0.39, 0.29) is 17.5 Å². The molecule has 0 radical (unpaired) electrons. The molecule has 1 N–H and O–H groups in total. The number of tetrazole rings is 1. The fraction of sp³-hybridized carbons (Fsp3) is 0.125. The molecule has 9 heteroatoms. The number of nitrogens with zero attached hydrogens (tertiary/aromatic N) is 4. The van der Waals surface area contributed by atoms with E-state index in [1.807, 2.05) is 24.3 Å². The second-order valence-corrected chi connectivity index (χ2v) is 7.00. The van der Waals surface area contributed by atoms with Crippen LogP contribution in [0.2, 0.25) is 0 Å². The van der Waals surface area contributed by atoms with Crippen molar-refractivity contribution >= 4 is 39.3 Å². The molecule has 3 rings (SSSR count). The van der Waals surface area contributed by atoms with Crippen molar-refractivity contribution < 1.29 is 9.18 Å². The van der Waals surface area contributed by atoms with Gasteiger partial charge in [0.2, 0.25) is 11.1 Å². The van der Waals surface area contributed by atoms with Crippen LogP contribution in [0.3, 0.4) is 0 Å².